The van der Waals surface area contributed by atoms with Gasteiger partial charge in [-0.15, -0.1) is 0 Å². The highest BCUT2D eigenvalue weighted by Crippen LogP contribution is 2.47. The SMILES string of the molecule is COc1cc(C(C)(C)c2ccccc2)c(OC(=O)OC(C)(C)C)c(C(C)(C)c2ccccc2)c1. The van der Waals surface area contributed by atoms with Crippen molar-refractivity contribution in [2.75, 3.05) is 7.11 Å². The van der Waals surface area contributed by atoms with E-state index in [4.69, 9.17) is 14.2 Å². The van der Waals surface area contributed by atoms with Gasteiger partial charge in [0.2, 0.25) is 0 Å². The molecule has 4 nitrogen and oxygen atoms in total. The minimum atomic E-state index is -0.729. The highest BCUT2D eigenvalue weighted by atomic mass is 16.7. The molecule has 0 saturated heterocycles. The fourth-order valence-corrected chi connectivity index (χ4v) is 4.13. The van der Waals surface area contributed by atoms with Crippen LogP contribution in [-0.4, -0.2) is 18.9 Å². The molecule has 0 radical (unpaired) electrons. The van der Waals surface area contributed by atoms with E-state index in [0.29, 0.717) is 11.5 Å². The lowest BCUT2D eigenvalue weighted by Crippen LogP contribution is -2.30. The third kappa shape index (κ3) is 5.44. The number of carbonyl (C=O) groups is 1. The molecule has 0 unspecified atom stereocenters. The first-order valence-corrected chi connectivity index (χ1v) is 11.6. The Morgan fingerprint density at radius 1 is 0.676 bits per heavy atom. The minimum Gasteiger partial charge on any atom is -0.497 e. The van der Waals surface area contributed by atoms with E-state index in [1.54, 1.807) is 7.11 Å². The van der Waals surface area contributed by atoms with Gasteiger partial charge in [-0.1, -0.05) is 88.4 Å². The van der Waals surface area contributed by atoms with E-state index in [9.17, 15) is 4.79 Å². The topological polar surface area (TPSA) is 44.8 Å². The minimum absolute atomic E-state index is 0.478. The number of carbonyl (C=O) groups excluding carboxylic acids is 1. The van der Waals surface area contributed by atoms with Crippen molar-refractivity contribution < 1.29 is 19.0 Å². The molecule has 180 valence electrons. The average Bonchev–Trinajstić information content (AvgIpc) is 2.78. The Labute approximate surface area is 203 Å². The van der Waals surface area contributed by atoms with Crippen LogP contribution in [0.2, 0.25) is 0 Å². The van der Waals surface area contributed by atoms with Crippen LogP contribution < -0.4 is 9.47 Å². The third-order valence-electron chi connectivity index (χ3n) is 6.21. The van der Waals surface area contributed by atoms with Crippen molar-refractivity contribution in [3.63, 3.8) is 0 Å². The van der Waals surface area contributed by atoms with Crippen LogP contribution in [0, 0.1) is 0 Å². The smallest absolute Gasteiger partial charge is 0.497 e. The summed E-state index contributed by atoms with van der Waals surface area (Å²) in [6, 6.07) is 24.3. The molecule has 0 atom stereocenters. The zero-order valence-corrected chi connectivity index (χ0v) is 21.6. The summed E-state index contributed by atoms with van der Waals surface area (Å²) in [5.41, 5.74) is 2.27. The molecule has 0 aliphatic carbocycles. The van der Waals surface area contributed by atoms with Crippen molar-refractivity contribution in [3.05, 3.63) is 95.1 Å². The van der Waals surface area contributed by atoms with Crippen molar-refractivity contribution in [2.24, 2.45) is 0 Å². The Kier molecular flexibility index (Phi) is 7.11. The predicted octanol–water partition coefficient (Wildman–Crippen LogP) is 7.66. The Bertz CT molecular complexity index is 1050. The van der Waals surface area contributed by atoms with Gasteiger partial charge in [0, 0.05) is 22.0 Å². The van der Waals surface area contributed by atoms with Crippen LogP contribution in [0.1, 0.15) is 70.7 Å². The Morgan fingerprint density at radius 3 is 1.44 bits per heavy atom. The third-order valence-corrected chi connectivity index (χ3v) is 6.21. The number of benzene rings is 3. The number of rotatable bonds is 6. The van der Waals surface area contributed by atoms with Gasteiger partial charge in [-0.05, 0) is 44.0 Å². The maximum Gasteiger partial charge on any atom is 0.514 e. The molecular weight excluding hydrogens is 424 g/mol. The molecule has 0 aliphatic rings. The standard InChI is InChI=1S/C30H36O4/c1-28(2,3)34-27(31)33-26-24(29(4,5)21-15-11-9-12-16-21)19-23(32-8)20-25(26)30(6,7)22-17-13-10-14-18-22/h9-20H,1-8H3. The molecule has 34 heavy (non-hydrogen) atoms. The number of hydrogen-bond acceptors (Lipinski definition) is 4. The monoisotopic (exact) mass is 460 g/mol. The van der Waals surface area contributed by atoms with Gasteiger partial charge >= 0.3 is 6.16 Å². The van der Waals surface area contributed by atoms with Gasteiger partial charge in [0.05, 0.1) is 7.11 Å². The summed E-state index contributed by atoms with van der Waals surface area (Å²) in [5, 5.41) is 0. The molecule has 0 amide bonds. The zero-order chi connectivity index (χ0) is 25.1. The van der Waals surface area contributed by atoms with E-state index in [-0.39, 0.29) is 0 Å². The van der Waals surface area contributed by atoms with Crippen molar-refractivity contribution in [1.29, 1.82) is 0 Å². The maximum absolute atomic E-state index is 12.9. The fourth-order valence-electron chi connectivity index (χ4n) is 4.13. The lowest BCUT2D eigenvalue weighted by atomic mass is 9.72. The van der Waals surface area contributed by atoms with Gasteiger partial charge in [-0.3, -0.25) is 0 Å². The van der Waals surface area contributed by atoms with Gasteiger partial charge in [-0.2, -0.15) is 0 Å². The van der Waals surface area contributed by atoms with Gasteiger partial charge in [-0.25, -0.2) is 4.79 Å². The van der Waals surface area contributed by atoms with E-state index in [2.05, 4.69) is 52.0 Å². The van der Waals surface area contributed by atoms with E-state index in [1.165, 1.54) is 0 Å². The maximum atomic E-state index is 12.9. The largest absolute Gasteiger partial charge is 0.514 e. The van der Waals surface area contributed by atoms with Gasteiger partial charge in [0.15, 0.2) is 0 Å². The second-order valence-electron chi connectivity index (χ2n) is 10.6. The second kappa shape index (κ2) is 9.54. The summed E-state index contributed by atoms with van der Waals surface area (Å²) in [7, 11) is 1.66. The lowest BCUT2D eigenvalue weighted by molar-refractivity contribution is 0.0199. The van der Waals surface area contributed by atoms with Gasteiger partial charge in [0.25, 0.3) is 0 Å². The highest BCUT2D eigenvalue weighted by molar-refractivity contribution is 5.69. The lowest BCUT2D eigenvalue weighted by Gasteiger charge is -2.34. The molecule has 0 spiro atoms. The molecular formula is C30H36O4. The predicted molar refractivity (Wildman–Crippen MR) is 137 cm³/mol. The summed E-state index contributed by atoms with van der Waals surface area (Å²) in [6.45, 7) is 14.0. The quantitative estimate of drug-likeness (QED) is 0.280. The van der Waals surface area contributed by atoms with Gasteiger partial charge in [0.1, 0.15) is 17.1 Å². The Morgan fingerprint density at radius 2 is 1.09 bits per heavy atom. The average molecular weight is 461 g/mol. The van der Waals surface area contributed by atoms with Crippen molar-refractivity contribution >= 4 is 6.16 Å². The van der Waals surface area contributed by atoms with Crippen LogP contribution in [-0.2, 0) is 15.6 Å². The molecule has 0 bridgehead atoms. The fraction of sp³-hybridized carbons (Fsp3) is 0.367. The molecule has 0 aromatic heterocycles. The van der Waals surface area contributed by atoms with E-state index in [1.807, 2.05) is 69.3 Å². The van der Waals surface area contributed by atoms with Gasteiger partial charge < -0.3 is 14.2 Å². The summed E-state index contributed by atoms with van der Waals surface area (Å²) >= 11 is 0. The van der Waals surface area contributed by atoms with Crippen LogP contribution >= 0.6 is 0 Å². The van der Waals surface area contributed by atoms with Crippen LogP contribution in [0.5, 0.6) is 11.5 Å². The van der Waals surface area contributed by atoms with Crippen molar-refractivity contribution in [2.45, 2.75) is 64.9 Å². The summed E-state index contributed by atoms with van der Waals surface area (Å²) in [4.78, 5) is 12.9. The molecule has 0 saturated carbocycles. The molecule has 0 heterocycles. The molecule has 0 N–H and O–H groups in total. The van der Waals surface area contributed by atoms with Crippen LogP contribution in [0.3, 0.4) is 0 Å². The van der Waals surface area contributed by atoms with E-state index >= 15 is 0 Å². The van der Waals surface area contributed by atoms with Crippen LogP contribution in [0.15, 0.2) is 72.8 Å². The number of hydrogen-bond donors (Lipinski definition) is 0. The van der Waals surface area contributed by atoms with Crippen LogP contribution in [0.4, 0.5) is 4.79 Å². The summed E-state index contributed by atoms with van der Waals surface area (Å²) in [6.07, 6.45) is -0.729. The van der Waals surface area contributed by atoms with E-state index < -0.39 is 22.6 Å². The first kappa shape index (κ1) is 25.4. The molecule has 3 rings (SSSR count). The molecule has 3 aromatic rings. The normalized spacial score (nSPS) is 12.2. The summed E-state index contributed by atoms with van der Waals surface area (Å²) in [5.74, 6) is 1.20. The first-order chi connectivity index (χ1) is 15.9. The molecule has 3 aromatic carbocycles. The zero-order valence-electron chi connectivity index (χ0n) is 21.6. The number of ether oxygens (including phenoxy) is 3. The second-order valence-corrected chi connectivity index (χ2v) is 10.6. The Balaban J connectivity index is 2.30. The summed E-state index contributed by atoms with van der Waals surface area (Å²) < 4.78 is 17.3. The van der Waals surface area contributed by atoms with Crippen molar-refractivity contribution in [1.82, 2.24) is 0 Å². The molecule has 0 aliphatic heterocycles. The van der Waals surface area contributed by atoms with Crippen LogP contribution in [0.25, 0.3) is 0 Å². The Hall–Kier alpha value is -3.27. The highest BCUT2D eigenvalue weighted by Gasteiger charge is 2.36. The van der Waals surface area contributed by atoms with Crippen molar-refractivity contribution in [3.8, 4) is 11.5 Å². The molecule has 4 heteroatoms. The first-order valence-electron chi connectivity index (χ1n) is 11.6. The molecule has 0 fully saturated rings. The number of methoxy groups -OCH3 is 1. The van der Waals surface area contributed by atoms with E-state index in [0.717, 1.165) is 22.3 Å².